The first-order valence-electron chi connectivity index (χ1n) is 4.13. The monoisotopic (exact) mass is 223 g/mol. The predicted octanol–water partition coefficient (Wildman–Crippen LogP) is 2.74. The number of nitrogen functional groups attached to an aromatic ring is 1. The first-order chi connectivity index (χ1) is 6.88. The van der Waals surface area contributed by atoms with E-state index < -0.39 is 25.0 Å². The number of alkyl halides is 3. The van der Waals surface area contributed by atoms with Gasteiger partial charge in [-0.15, -0.1) is 0 Å². The molecular weight excluding hydrogens is 214 g/mol. The highest BCUT2D eigenvalue weighted by atomic mass is 19.4. The van der Waals surface area contributed by atoms with Crippen LogP contribution < -0.4 is 10.5 Å². The van der Waals surface area contributed by atoms with Gasteiger partial charge in [0.25, 0.3) is 0 Å². The SMILES string of the molecule is Nc1ccc(OCCC(F)(F)F)cc1F. The predicted molar refractivity (Wildman–Crippen MR) is 47.0 cm³/mol. The van der Waals surface area contributed by atoms with Crippen molar-refractivity contribution in [3.63, 3.8) is 0 Å². The zero-order chi connectivity index (χ0) is 11.5. The summed E-state index contributed by atoms with van der Waals surface area (Å²) in [6, 6.07) is 3.50. The normalized spacial score (nSPS) is 11.5. The minimum Gasteiger partial charge on any atom is -0.493 e. The van der Waals surface area contributed by atoms with Crippen molar-refractivity contribution in [2.24, 2.45) is 0 Å². The highest BCUT2D eigenvalue weighted by molar-refractivity contribution is 5.43. The number of hydrogen-bond donors (Lipinski definition) is 1. The molecule has 0 aromatic heterocycles. The third kappa shape index (κ3) is 4.05. The molecule has 0 aliphatic rings. The molecule has 15 heavy (non-hydrogen) atoms. The third-order valence-electron chi connectivity index (χ3n) is 1.63. The largest absolute Gasteiger partial charge is 0.493 e. The highest BCUT2D eigenvalue weighted by Crippen LogP contribution is 2.22. The van der Waals surface area contributed by atoms with E-state index in [-0.39, 0.29) is 11.4 Å². The molecule has 0 spiro atoms. The molecule has 1 aromatic carbocycles. The minimum absolute atomic E-state index is 0.0333. The van der Waals surface area contributed by atoms with Gasteiger partial charge in [0.1, 0.15) is 11.6 Å². The number of halogens is 4. The number of anilines is 1. The summed E-state index contributed by atoms with van der Waals surface area (Å²) in [4.78, 5) is 0. The second kappa shape index (κ2) is 4.37. The van der Waals surface area contributed by atoms with Gasteiger partial charge in [-0.3, -0.25) is 0 Å². The summed E-state index contributed by atoms with van der Waals surface area (Å²) in [7, 11) is 0. The van der Waals surface area contributed by atoms with Crippen LogP contribution in [-0.4, -0.2) is 12.8 Å². The summed E-state index contributed by atoms with van der Waals surface area (Å²) < 4.78 is 52.7. The Bertz CT molecular complexity index is 337. The molecule has 1 rings (SSSR count). The van der Waals surface area contributed by atoms with E-state index in [0.29, 0.717) is 0 Å². The molecule has 2 N–H and O–H groups in total. The summed E-state index contributed by atoms with van der Waals surface area (Å²) in [5.74, 6) is -0.676. The zero-order valence-corrected chi connectivity index (χ0v) is 7.64. The lowest BCUT2D eigenvalue weighted by molar-refractivity contribution is -0.139. The van der Waals surface area contributed by atoms with Crippen LogP contribution in [0, 0.1) is 5.82 Å². The Morgan fingerprint density at radius 2 is 1.93 bits per heavy atom. The van der Waals surface area contributed by atoms with Crippen LogP contribution in [0.15, 0.2) is 18.2 Å². The zero-order valence-electron chi connectivity index (χ0n) is 7.64. The van der Waals surface area contributed by atoms with Crippen LogP contribution in [0.25, 0.3) is 0 Å². The van der Waals surface area contributed by atoms with Gasteiger partial charge in [-0.05, 0) is 12.1 Å². The highest BCUT2D eigenvalue weighted by Gasteiger charge is 2.26. The first kappa shape index (κ1) is 11.6. The molecule has 0 saturated carbocycles. The van der Waals surface area contributed by atoms with Gasteiger partial charge in [-0.25, -0.2) is 4.39 Å². The molecule has 84 valence electrons. The minimum atomic E-state index is -4.27. The van der Waals surface area contributed by atoms with E-state index in [1.807, 2.05) is 0 Å². The molecule has 0 aliphatic heterocycles. The Hall–Kier alpha value is -1.46. The quantitative estimate of drug-likeness (QED) is 0.631. The first-order valence-corrected chi connectivity index (χ1v) is 4.13. The second-order valence-corrected chi connectivity index (χ2v) is 2.90. The molecule has 0 bridgehead atoms. The van der Waals surface area contributed by atoms with Gasteiger partial charge in [0.05, 0.1) is 18.7 Å². The van der Waals surface area contributed by atoms with Crippen LogP contribution in [0.2, 0.25) is 0 Å². The fourth-order valence-corrected chi connectivity index (χ4v) is 0.882. The molecule has 0 fully saturated rings. The van der Waals surface area contributed by atoms with Crippen molar-refractivity contribution in [2.45, 2.75) is 12.6 Å². The summed E-state index contributed by atoms with van der Waals surface area (Å²) in [6.45, 7) is -0.535. The maximum atomic E-state index is 12.8. The molecule has 0 saturated heterocycles. The number of ether oxygens (including phenoxy) is 1. The molecule has 6 heteroatoms. The van der Waals surface area contributed by atoms with Crippen molar-refractivity contribution in [1.82, 2.24) is 0 Å². The van der Waals surface area contributed by atoms with Crippen molar-refractivity contribution in [1.29, 1.82) is 0 Å². The van der Waals surface area contributed by atoms with E-state index >= 15 is 0 Å². The molecular formula is C9H9F4NO. The van der Waals surface area contributed by atoms with Crippen LogP contribution in [0.1, 0.15) is 6.42 Å². The molecule has 0 atom stereocenters. The Labute approximate surface area is 83.6 Å². The van der Waals surface area contributed by atoms with E-state index in [1.54, 1.807) is 0 Å². The maximum Gasteiger partial charge on any atom is 0.392 e. The lowest BCUT2D eigenvalue weighted by Crippen LogP contribution is -2.13. The van der Waals surface area contributed by atoms with E-state index in [0.717, 1.165) is 6.07 Å². The molecule has 0 aliphatic carbocycles. The Balaban J connectivity index is 2.48. The van der Waals surface area contributed by atoms with Gasteiger partial charge in [-0.2, -0.15) is 13.2 Å². The van der Waals surface area contributed by atoms with Crippen molar-refractivity contribution < 1.29 is 22.3 Å². The lowest BCUT2D eigenvalue weighted by atomic mass is 10.3. The van der Waals surface area contributed by atoms with Crippen molar-refractivity contribution in [3.8, 4) is 5.75 Å². The van der Waals surface area contributed by atoms with Crippen molar-refractivity contribution >= 4 is 5.69 Å². The van der Waals surface area contributed by atoms with E-state index in [4.69, 9.17) is 10.5 Å². The fraction of sp³-hybridized carbons (Fsp3) is 0.333. The standard InChI is InChI=1S/C9H9F4NO/c10-7-5-6(1-2-8(7)14)15-4-3-9(11,12)13/h1-2,5H,3-4,14H2. The Kier molecular flexibility index (Phi) is 3.39. The van der Waals surface area contributed by atoms with Crippen LogP contribution in [-0.2, 0) is 0 Å². The Morgan fingerprint density at radius 1 is 1.27 bits per heavy atom. The van der Waals surface area contributed by atoms with Gasteiger partial charge < -0.3 is 10.5 Å². The van der Waals surface area contributed by atoms with Crippen LogP contribution in [0.5, 0.6) is 5.75 Å². The number of rotatable bonds is 3. The summed E-state index contributed by atoms with van der Waals surface area (Å²) in [6.07, 6.45) is -5.34. The van der Waals surface area contributed by atoms with Gasteiger partial charge in [0.2, 0.25) is 0 Å². The average Bonchev–Trinajstić information content (AvgIpc) is 2.09. The second-order valence-electron chi connectivity index (χ2n) is 2.90. The maximum absolute atomic E-state index is 12.8. The van der Waals surface area contributed by atoms with Gasteiger partial charge in [0.15, 0.2) is 0 Å². The molecule has 0 unspecified atom stereocenters. The van der Waals surface area contributed by atoms with Gasteiger partial charge in [-0.1, -0.05) is 0 Å². The molecule has 2 nitrogen and oxygen atoms in total. The van der Waals surface area contributed by atoms with Crippen LogP contribution in [0.3, 0.4) is 0 Å². The summed E-state index contributed by atoms with van der Waals surface area (Å²) >= 11 is 0. The van der Waals surface area contributed by atoms with E-state index in [2.05, 4.69) is 0 Å². The third-order valence-corrected chi connectivity index (χ3v) is 1.63. The molecule has 0 heterocycles. The summed E-state index contributed by atoms with van der Waals surface area (Å²) in [5, 5.41) is 0. The van der Waals surface area contributed by atoms with Crippen molar-refractivity contribution in [2.75, 3.05) is 12.3 Å². The molecule has 0 amide bonds. The average molecular weight is 223 g/mol. The van der Waals surface area contributed by atoms with Crippen LogP contribution >= 0.6 is 0 Å². The number of nitrogens with two attached hydrogens (primary N) is 1. The lowest BCUT2D eigenvalue weighted by Gasteiger charge is -2.08. The van der Waals surface area contributed by atoms with E-state index in [1.165, 1.54) is 12.1 Å². The van der Waals surface area contributed by atoms with Gasteiger partial charge >= 0.3 is 6.18 Å². The van der Waals surface area contributed by atoms with Gasteiger partial charge in [0, 0.05) is 6.07 Å². The van der Waals surface area contributed by atoms with E-state index in [9.17, 15) is 17.6 Å². The molecule has 1 aromatic rings. The smallest absolute Gasteiger partial charge is 0.392 e. The Morgan fingerprint density at radius 3 is 2.47 bits per heavy atom. The van der Waals surface area contributed by atoms with Crippen molar-refractivity contribution in [3.05, 3.63) is 24.0 Å². The molecule has 0 radical (unpaired) electrons. The topological polar surface area (TPSA) is 35.2 Å². The number of benzene rings is 1. The summed E-state index contributed by atoms with van der Waals surface area (Å²) in [5.41, 5.74) is 5.10. The number of hydrogen-bond acceptors (Lipinski definition) is 2. The fourth-order valence-electron chi connectivity index (χ4n) is 0.882. The van der Waals surface area contributed by atoms with Crippen LogP contribution in [0.4, 0.5) is 23.2 Å².